The average molecular weight is 279 g/mol. The first-order chi connectivity index (χ1) is 9.24. The number of halogens is 1. The van der Waals surface area contributed by atoms with Gasteiger partial charge in [-0.2, -0.15) is 0 Å². The number of aromatic nitrogens is 2. The molecule has 0 fully saturated rings. The molecule has 1 amide bonds. The maximum atomic E-state index is 12.7. The van der Waals surface area contributed by atoms with Gasteiger partial charge in [-0.25, -0.2) is 9.37 Å². The molecule has 1 aromatic carbocycles. The van der Waals surface area contributed by atoms with Crippen molar-refractivity contribution in [2.24, 2.45) is 0 Å². The van der Waals surface area contributed by atoms with Crippen LogP contribution in [0.5, 0.6) is 0 Å². The first-order valence-electron chi connectivity index (χ1n) is 5.81. The summed E-state index contributed by atoms with van der Waals surface area (Å²) in [4.78, 5) is 18.5. The second-order valence-electron chi connectivity index (χ2n) is 3.93. The third-order valence-electron chi connectivity index (χ3n) is 2.42. The monoisotopic (exact) mass is 279 g/mol. The zero-order chi connectivity index (χ0) is 13.5. The standard InChI is InChI=1S/C13H14FN3OS/c14-11-3-1-10(2-4-11)8-19-9-13(18)17-7-12-15-5-6-16-12/h1-6H,7-9H2,(H,15,16)(H,17,18). The number of benzene rings is 1. The summed E-state index contributed by atoms with van der Waals surface area (Å²) in [6, 6.07) is 6.30. The fourth-order valence-electron chi connectivity index (χ4n) is 1.47. The van der Waals surface area contributed by atoms with Gasteiger partial charge in [0.15, 0.2) is 0 Å². The van der Waals surface area contributed by atoms with Crippen LogP contribution in [0.4, 0.5) is 4.39 Å². The van der Waals surface area contributed by atoms with Crippen LogP contribution in [0.3, 0.4) is 0 Å². The van der Waals surface area contributed by atoms with Crippen molar-refractivity contribution >= 4 is 17.7 Å². The van der Waals surface area contributed by atoms with E-state index in [1.807, 2.05) is 0 Å². The Morgan fingerprint density at radius 3 is 2.84 bits per heavy atom. The van der Waals surface area contributed by atoms with Gasteiger partial charge in [-0.1, -0.05) is 12.1 Å². The topological polar surface area (TPSA) is 57.8 Å². The Balaban J connectivity index is 1.65. The predicted molar refractivity (Wildman–Crippen MR) is 73.0 cm³/mol. The molecule has 0 atom stereocenters. The van der Waals surface area contributed by atoms with Crippen LogP contribution in [-0.2, 0) is 17.1 Å². The lowest BCUT2D eigenvalue weighted by Gasteiger charge is -2.03. The summed E-state index contributed by atoms with van der Waals surface area (Å²) in [5.41, 5.74) is 1.00. The van der Waals surface area contributed by atoms with Crippen molar-refractivity contribution in [1.29, 1.82) is 0 Å². The summed E-state index contributed by atoms with van der Waals surface area (Å²) in [7, 11) is 0. The Kier molecular flexibility index (Phi) is 4.97. The number of rotatable bonds is 6. The molecule has 0 aliphatic rings. The van der Waals surface area contributed by atoms with E-state index in [9.17, 15) is 9.18 Å². The maximum absolute atomic E-state index is 12.7. The number of thioether (sulfide) groups is 1. The van der Waals surface area contributed by atoms with E-state index in [1.54, 1.807) is 24.5 Å². The molecule has 0 spiro atoms. The van der Waals surface area contributed by atoms with Crippen molar-refractivity contribution in [3.63, 3.8) is 0 Å². The molecule has 6 heteroatoms. The Morgan fingerprint density at radius 1 is 1.37 bits per heavy atom. The zero-order valence-corrected chi connectivity index (χ0v) is 11.0. The molecule has 1 heterocycles. The predicted octanol–water partition coefficient (Wildman–Crippen LogP) is 2.10. The van der Waals surface area contributed by atoms with Crippen LogP contribution in [0, 0.1) is 5.82 Å². The van der Waals surface area contributed by atoms with Crippen LogP contribution >= 0.6 is 11.8 Å². The van der Waals surface area contributed by atoms with Gasteiger partial charge in [-0.05, 0) is 17.7 Å². The number of hydrogen-bond donors (Lipinski definition) is 2. The highest BCUT2D eigenvalue weighted by Crippen LogP contribution is 2.12. The van der Waals surface area contributed by atoms with Gasteiger partial charge < -0.3 is 10.3 Å². The van der Waals surface area contributed by atoms with Gasteiger partial charge in [0.25, 0.3) is 0 Å². The summed E-state index contributed by atoms with van der Waals surface area (Å²) in [5.74, 6) is 1.51. The maximum Gasteiger partial charge on any atom is 0.230 e. The van der Waals surface area contributed by atoms with Crippen molar-refractivity contribution < 1.29 is 9.18 Å². The van der Waals surface area contributed by atoms with E-state index in [-0.39, 0.29) is 11.7 Å². The van der Waals surface area contributed by atoms with Gasteiger partial charge in [0.05, 0.1) is 12.3 Å². The number of H-pyrrole nitrogens is 1. The molecule has 1 aromatic heterocycles. The van der Waals surface area contributed by atoms with Crippen LogP contribution in [0.15, 0.2) is 36.7 Å². The summed E-state index contributed by atoms with van der Waals surface area (Å²) >= 11 is 1.49. The number of hydrogen-bond acceptors (Lipinski definition) is 3. The molecule has 100 valence electrons. The summed E-state index contributed by atoms with van der Waals surface area (Å²) < 4.78 is 12.7. The Morgan fingerprint density at radius 2 is 2.16 bits per heavy atom. The van der Waals surface area contributed by atoms with Gasteiger partial charge in [0.2, 0.25) is 5.91 Å². The van der Waals surface area contributed by atoms with Gasteiger partial charge in [-0.3, -0.25) is 4.79 Å². The minimum atomic E-state index is -0.245. The van der Waals surface area contributed by atoms with E-state index in [0.717, 1.165) is 11.4 Å². The molecular formula is C13H14FN3OS. The molecule has 2 aromatic rings. The van der Waals surface area contributed by atoms with Crippen molar-refractivity contribution in [2.45, 2.75) is 12.3 Å². The van der Waals surface area contributed by atoms with E-state index in [4.69, 9.17) is 0 Å². The Labute approximate surface area is 114 Å². The second-order valence-corrected chi connectivity index (χ2v) is 4.92. The Bertz CT molecular complexity index is 513. The van der Waals surface area contributed by atoms with Crippen LogP contribution in [-0.4, -0.2) is 21.6 Å². The van der Waals surface area contributed by atoms with E-state index in [0.29, 0.717) is 18.1 Å². The lowest BCUT2D eigenvalue weighted by Crippen LogP contribution is -2.25. The summed E-state index contributed by atoms with van der Waals surface area (Å²) in [5, 5.41) is 2.77. The second kappa shape index (κ2) is 6.94. The zero-order valence-electron chi connectivity index (χ0n) is 10.2. The number of aromatic amines is 1. The highest BCUT2D eigenvalue weighted by Gasteiger charge is 2.03. The molecule has 2 rings (SSSR count). The summed E-state index contributed by atoms with van der Waals surface area (Å²) in [6.07, 6.45) is 3.36. The number of nitrogens with zero attached hydrogens (tertiary/aromatic N) is 1. The molecule has 0 aliphatic heterocycles. The highest BCUT2D eigenvalue weighted by molar-refractivity contribution is 7.99. The number of nitrogens with one attached hydrogen (secondary N) is 2. The minimum Gasteiger partial charge on any atom is -0.348 e. The number of amides is 1. The van der Waals surface area contributed by atoms with Gasteiger partial charge >= 0.3 is 0 Å². The number of carbonyl (C=O) groups excluding carboxylic acids is 1. The molecular weight excluding hydrogens is 265 g/mol. The van der Waals surface area contributed by atoms with E-state index in [1.165, 1.54) is 23.9 Å². The molecule has 0 unspecified atom stereocenters. The van der Waals surface area contributed by atoms with Gasteiger partial charge in [0.1, 0.15) is 11.6 Å². The van der Waals surface area contributed by atoms with Crippen molar-refractivity contribution in [3.8, 4) is 0 Å². The Hall–Kier alpha value is -1.82. The van der Waals surface area contributed by atoms with Gasteiger partial charge in [0, 0.05) is 18.1 Å². The molecule has 0 saturated carbocycles. The molecule has 0 aliphatic carbocycles. The normalized spacial score (nSPS) is 10.4. The van der Waals surface area contributed by atoms with Crippen molar-refractivity contribution in [3.05, 3.63) is 53.9 Å². The first kappa shape index (κ1) is 13.6. The highest BCUT2D eigenvalue weighted by atomic mass is 32.2. The average Bonchev–Trinajstić information content (AvgIpc) is 2.92. The van der Waals surface area contributed by atoms with Crippen LogP contribution in [0.1, 0.15) is 11.4 Å². The molecule has 0 saturated heterocycles. The van der Waals surface area contributed by atoms with Crippen molar-refractivity contribution in [2.75, 3.05) is 5.75 Å². The van der Waals surface area contributed by atoms with Crippen LogP contribution in [0.2, 0.25) is 0 Å². The van der Waals surface area contributed by atoms with E-state index < -0.39 is 0 Å². The van der Waals surface area contributed by atoms with Crippen LogP contribution < -0.4 is 5.32 Å². The fourth-order valence-corrected chi connectivity index (χ4v) is 2.29. The summed E-state index contributed by atoms with van der Waals surface area (Å²) in [6.45, 7) is 0.406. The molecule has 4 nitrogen and oxygen atoms in total. The lowest BCUT2D eigenvalue weighted by atomic mass is 10.2. The smallest absolute Gasteiger partial charge is 0.230 e. The fraction of sp³-hybridized carbons (Fsp3) is 0.231. The first-order valence-corrected chi connectivity index (χ1v) is 6.96. The van der Waals surface area contributed by atoms with Gasteiger partial charge in [-0.15, -0.1) is 11.8 Å². The van der Waals surface area contributed by atoms with E-state index in [2.05, 4.69) is 15.3 Å². The minimum absolute atomic E-state index is 0.0384. The largest absolute Gasteiger partial charge is 0.348 e. The lowest BCUT2D eigenvalue weighted by molar-refractivity contribution is -0.118. The third-order valence-corrected chi connectivity index (χ3v) is 3.43. The molecule has 19 heavy (non-hydrogen) atoms. The third kappa shape index (κ3) is 4.75. The van der Waals surface area contributed by atoms with E-state index >= 15 is 0 Å². The quantitative estimate of drug-likeness (QED) is 0.851. The molecule has 2 N–H and O–H groups in total. The number of carbonyl (C=O) groups is 1. The molecule has 0 radical (unpaired) electrons. The van der Waals surface area contributed by atoms with Crippen LogP contribution in [0.25, 0.3) is 0 Å². The SMILES string of the molecule is O=C(CSCc1ccc(F)cc1)NCc1ncc[nH]1. The number of imidazole rings is 1. The molecule has 0 bridgehead atoms. The van der Waals surface area contributed by atoms with Crippen molar-refractivity contribution in [1.82, 2.24) is 15.3 Å².